The van der Waals surface area contributed by atoms with E-state index in [1.165, 1.54) is 0 Å². The number of hydrogen-bond acceptors (Lipinski definition) is 13. The van der Waals surface area contributed by atoms with E-state index < -0.39 is 35.2 Å². The van der Waals surface area contributed by atoms with Gasteiger partial charge in [0.25, 0.3) is 0 Å². The van der Waals surface area contributed by atoms with Gasteiger partial charge < -0.3 is 33.9 Å². The highest BCUT2D eigenvalue weighted by molar-refractivity contribution is 6.53. The van der Waals surface area contributed by atoms with E-state index in [0.717, 1.165) is 105 Å². The second kappa shape index (κ2) is 23.8. The van der Waals surface area contributed by atoms with Gasteiger partial charge in [0.2, 0.25) is 22.5 Å². The number of aliphatic hydroxyl groups is 1. The molecule has 0 bridgehead atoms. The van der Waals surface area contributed by atoms with E-state index in [9.17, 15) is 24.3 Å². The number of allylic oxidation sites excluding steroid dienone is 2. The van der Waals surface area contributed by atoms with Crippen LogP contribution < -0.4 is 48.8 Å². The van der Waals surface area contributed by atoms with Gasteiger partial charge in [0, 0.05) is 75.8 Å². The summed E-state index contributed by atoms with van der Waals surface area (Å²) in [7, 11) is 0. The summed E-state index contributed by atoms with van der Waals surface area (Å²) < 4.78 is 25.3. The highest BCUT2D eigenvalue weighted by Gasteiger charge is 2.57. The van der Waals surface area contributed by atoms with E-state index in [-0.39, 0.29) is 68.7 Å². The zero-order chi connectivity index (χ0) is 66.4. The zero-order valence-corrected chi connectivity index (χ0v) is 54.3. The lowest BCUT2D eigenvalue weighted by Gasteiger charge is -2.59. The first-order valence-electron chi connectivity index (χ1n) is 32.1. The Kier molecular flexibility index (Phi) is 15.8. The van der Waals surface area contributed by atoms with Crippen LogP contribution in [0, 0.1) is 23.7 Å². The van der Waals surface area contributed by atoms with Crippen molar-refractivity contribution in [2.45, 2.75) is 105 Å². The number of rotatable bonds is 13. The van der Waals surface area contributed by atoms with Gasteiger partial charge in [-0.1, -0.05) is 84.3 Å². The lowest BCUT2D eigenvalue weighted by atomic mass is 9.72. The number of anilines is 6. The van der Waals surface area contributed by atoms with Gasteiger partial charge in [-0.3, -0.25) is 9.69 Å². The van der Waals surface area contributed by atoms with Gasteiger partial charge in [-0.2, -0.15) is 4.58 Å². The molecule has 0 saturated heterocycles. The highest BCUT2D eigenvalue weighted by Crippen LogP contribution is 2.59. The zero-order valence-electron chi connectivity index (χ0n) is 54.3. The Morgan fingerprint density at radius 1 is 0.457 bits per heavy atom. The number of benzene rings is 8. The van der Waals surface area contributed by atoms with Crippen LogP contribution in [0.4, 0.5) is 39.8 Å². The van der Waals surface area contributed by atoms with Crippen molar-refractivity contribution in [2.24, 2.45) is 23.7 Å². The summed E-state index contributed by atoms with van der Waals surface area (Å²) in [6, 6.07) is 50.4. The molecule has 0 radical (unpaired) electrons. The van der Waals surface area contributed by atoms with E-state index in [1.807, 2.05) is 84.9 Å². The summed E-state index contributed by atoms with van der Waals surface area (Å²) in [6.45, 7) is 30.7. The normalized spacial score (nSPS) is 21.9. The van der Waals surface area contributed by atoms with Crippen molar-refractivity contribution in [3.8, 4) is 23.0 Å². The number of ether oxygens (including phenoxy) is 4. The smallest absolute Gasteiger partial charge is 0.338 e. The summed E-state index contributed by atoms with van der Waals surface area (Å²) in [5, 5.41) is 17.6. The third-order valence-electron chi connectivity index (χ3n) is 19.0. The molecule has 8 aromatic rings. The molecule has 2 aliphatic heterocycles. The van der Waals surface area contributed by atoms with Crippen LogP contribution in [-0.4, -0.2) is 46.1 Å². The second-order valence-electron chi connectivity index (χ2n) is 26.8. The molecule has 14 heteroatoms. The molecule has 1 N–H and O–H groups in total. The molecule has 0 aromatic heterocycles. The predicted octanol–water partition coefficient (Wildman–Crippen LogP) is 16.2. The molecule has 2 fully saturated rings. The Hall–Kier alpha value is -10.6. The van der Waals surface area contributed by atoms with Crippen molar-refractivity contribution >= 4 is 102 Å². The van der Waals surface area contributed by atoms with Gasteiger partial charge >= 0.3 is 23.9 Å². The molecule has 474 valence electrons. The Labute approximate surface area is 546 Å². The SMILES string of the molecule is C=C(C)C(=O)Oc1ccc(N2c3cccc4c(C5=C(O)/C(=c6/ccc7c8c(cccc68)N(c6ccc(OC(=O)C(=C)C)cc6)C6(CC(C)CC(C)C6)[N+]=7c6ccc(OC(=O)C(=C)C)cc6)C5=O)ccc(c34)N(c3ccc(OC(=O)C(=C)C)cc3)C23CC(C)CC(C)C3)cc1. The molecule has 0 amide bonds. The third-order valence-corrected chi connectivity index (χ3v) is 19.0. The summed E-state index contributed by atoms with van der Waals surface area (Å²) in [6.07, 6.45) is 5.03. The average molecular weight is 1250 g/mol. The molecule has 14 nitrogen and oxygen atoms in total. The van der Waals surface area contributed by atoms with Crippen LogP contribution in [0.5, 0.6) is 23.0 Å². The van der Waals surface area contributed by atoms with Gasteiger partial charge in [-0.15, -0.1) is 0 Å². The fourth-order valence-electron chi connectivity index (χ4n) is 15.7. The molecule has 2 spiro atoms. The first-order chi connectivity index (χ1) is 45.0. The first-order valence-corrected chi connectivity index (χ1v) is 32.1. The fourth-order valence-corrected chi connectivity index (χ4v) is 15.7. The maximum Gasteiger partial charge on any atom is 0.338 e. The molecule has 13 rings (SSSR count). The van der Waals surface area contributed by atoms with Crippen LogP contribution in [0.1, 0.15) is 99.5 Å². The summed E-state index contributed by atoms with van der Waals surface area (Å²) in [5.41, 5.74) is 6.67. The van der Waals surface area contributed by atoms with E-state index in [1.54, 1.807) is 76.2 Å². The summed E-state index contributed by atoms with van der Waals surface area (Å²) in [5.74, 6) is 0.0750. The van der Waals surface area contributed by atoms with Crippen molar-refractivity contribution < 1.29 is 48.0 Å². The van der Waals surface area contributed by atoms with E-state index in [2.05, 4.69) is 97.6 Å². The quantitative estimate of drug-likeness (QED) is 0.0504. The second-order valence-corrected chi connectivity index (χ2v) is 26.8. The number of hydrogen-bond donors (Lipinski definition) is 1. The lowest BCUT2D eigenvalue weighted by Crippen LogP contribution is -2.64. The van der Waals surface area contributed by atoms with Gasteiger partial charge in [0.1, 0.15) is 34.4 Å². The molecule has 5 aliphatic rings. The number of carbonyl (C=O) groups is 5. The molecule has 8 aromatic carbocycles. The number of nitrogens with zero attached hydrogens (tertiary/aromatic N) is 4. The van der Waals surface area contributed by atoms with Crippen molar-refractivity contribution in [1.29, 1.82) is 0 Å². The van der Waals surface area contributed by atoms with E-state index in [4.69, 9.17) is 18.9 Å². The Morgan fingerprint density at radius 3 is 1.29 bits per heavy atom. The molecule has 4 unspecified atom stereocenters. The number of carbonyl (C=O) groups excluding carboxylic acids is 5. The summed E-state index contributed by atoms with van der Waals surface area (Å²) in [4.78, 5) is 74.0. The van der Waals surface area contributed by atoms with Crippen molar-refractivity contribution in [3.05, 3.63) is 228 Å². The van der Waals surface area contributed by atoms with Crippen molar-refractivity contribution in [3.63, 3.8) is 0 Å². The van der Waals surface area contributed by atoms with Crippen LogP contribution in [0.25, 0.3) is 32.7 Å². The number of esters is 4. The largest absolute Gasteiger partial charge is 0.506 e. The first kappa shape index (κ1) is 62.2. The Balaban J connectivity index is 1.02. The van der Waals surface area contributed by atoms with Gasteiger partial charge in [-0.25, -0.2) is 19.2 Å². The highest BCUT2D eigenvalue weighted by atomic mass is 16.5. The van der Waals surface area contributed by atoms with Crippen molar-refractivity contribution in [2.75, 3.05) is 14.7 Å². The minimum absolute atomic E-state index is 0.127. The summed E-state index contributed by atoms with van der Waals surface area (Å²) >= 11 is 0. The molecule has 94 heavy (non-hydrogen) atoms. The fraction of sp³-hybridized carbons (Fsp3) is 0.250. The Bertz CT molecular complexity index is 4660. The average Bonchev–Trinajstić information content (AvgIpc) is 0.695. The molecule has 3 aliphatic carbocycles. The third kappa shape index (κ3) is 10.5. The number of Topliss-reactive ketones (excluding diaryl/α,β-unsaturated/α-hetero) is 1. The Morgan fingerprint density at radius 2 is 0.851 bits per heavy atom. The molecular formula is C80H75N4O10+. The molecular weight excluding hydrogens is 1180 g/mol. The van der Waals surface area contributed by atoms with Gasteiger partial charge in [0.15, 0.2) is 0 Å². The number of aliphatic hydroxyl groups excluding tert-OH is 1. The monoisotopic (exact) mass is 1250 g/mol. The minimum atomic E-state index is -0.723. The van der Waals surface area contributed by atoms with Crippen LogP contribution in [0.3, 0.4) is 0 Å². The molecule has 4 atom stereocenters. The maximum atomic E-state index is 15.7. The van der Waals surface area contributed by atoms with E-state index in [0.29, 0.717) is 33.8 Å². The van der Waals surface area contributed by atoms with Gasteiger partial charge in [-0.05, 0) is 208 Å². The lowest BCUT2D eigenvalue weighted by molar-refractivity contribution is -0.130. The van der Waals surface area contributed by atoms with Gasteiger partial charge in [0.05, 0.1) is 33.6 Å². The molecule has 2 saturated carbocycles. The number of ketones is 1. The maximum absolute atomic E-state index is 15.7. The van der Waals surface area contributed by atoms with Crippen molar-refractivity contribution in [1.82, 2.24) is 4.58 Å². The minimum Gasteiger partial charge on any atom is -0.506 e. The topological polar surface area (TPSA) is 155 Å². The predicted molar refractivity (Wildman–Crippen MR) is 370 cm³/mol. The van der Waals surface area contributed by atoms with Crippen LogP contribution in [0.15, 0.2) is 212 Å². The van der Waals surface area contributed by atoms with Crippen LogP contribution >= 0.6 is 0 Å². The van der Waals surface area contributed by atoms with Crippen LogP contribution in [-0.2, 0) is 24.0 Å². The standard InChI is InChI=1S/C80H74N4O10/c1-45(2)75(87)91-57-27-19-53(20-28-57)81-65-17-13-15-61-63(35-37-67(69(61)65)83(79(81)41-49(9)39-50(10)42-79)55-23-31-59(32-24-55)93-77(89)47(5)6)71-73(85)72(74(71)86)64-36-38-68-70-62(64)16-14-18-66(70)82(54-21-29-58(30-22-54)92-76(88)46(3)4)80(43-51(11)40-52(12)44-80)84(68)56-25-33-60(34-26-56)94-78(90)48(7)8/h13-38,49-52H,1,3,5,7,39-44H2,2,4,6,8-12H3/p+1. The molecule has 2 heterocycles. The van der Waals surface area contributed by atoms with E-state index >= 15 is 4.79 Å². The van der Waals surface area contributed by atoms with Crippen LogP contribution in [0.2, 0.25) is 0 Å².